The Morgan fingerprint density at radius 2 is 0.434 bits per heavy atom. The van der Waals surface area contributed by atoms with E-state index in [1.54, 1.807) is 0 Å². The summed E-state index contributed by atoms with van der Waals surface area (Å²) in [6.45, 7) is 6.72. The number of ether oxygens (including phenoxy) is 3. The topological polar surface area (TPSA) is 78.9 Å². The zero-order valence-electron chi connectivity index (χ0n) is 51.8. The average molecular weight is 1070 g/mol. The lowest BCUT2D eigenvalue weighted by Gasteiger charge is -2.18. The highest BCUT2D eigenvalue weighted by Crippen LogP contribution is 2.19. The van der Waals surface area contributed by atoms with Crippen LogP contribution in [0.3, 0.4) is 0 Å². The lowest BCUT2D eigenvalue weighted by molar-refractivity contribution is -0.167. The molecule has 0 aliphatic carbocycles. The summed E-state index contributed by atoms with van der Waals surface area (Å²) in [6.07, 6.45) is 78.0. The van der Waals surface area contributed by atoms with E-state index in [4.69, 9.17) is 14.2 Å². The number of carbonyl (C=O) groups excluding carboxylic acids is 3. The van der Waals surface area contributed by atoms with Crippen molar-refractivity contribution in [2.45, 2.75) is 406 Å². The monoisotopic (exact) mass is 1070 g/mol. The molecule has 0 aromatic rings. The standard InChI is InChI=1S/C70H134O6/c1-4-7-10-13-16-19-22-25-28-31-32-33-34-35-36-37-40-42-45-48-51-54-57-60-63-69(72)75-66-67(76-70(73)64-61-58-55-52-49-46-43-39-30-27-24-21-18-15-12-9-6-3)65-74-68(71)62-59-56-53-50-47-44-41-38-29-26-23-20-17-14-11-8-5-2/h27,30,67H,4-26,28-29,31-66H2,1-3H3/b30-27-. The molecule has 6 nitrogen and oxygen atoms in total. The van der Waals surface area contributed by atoms with Crippen LogP contribution in [0.25, 0.3) is 0 Å². The summed E-state index contributed by atoms with van der Waals surface area (Å²) in [7, 11) is 0. The van der Waals surface area contributed by atoms with Gasteiger partial charge in [0.15, 0.2) is 6.10 Å². The molecular formula is C70H134O6. The molecule has 0 rings (SSSR count). The van der Waals surface area contributed by atoms with Crippen molar-refractivity contribution in [1.29, 1.82) is 0 Å². The Kier molecular flexibility index (Phi) is 64.1. The van der Waals surface area contributed by atoms with Gasteiger partial charge in [0.05, 0.1) is 0 Å². The number of carbonyl (C=O) groups is 3. The zero-order chi connectivity index (χ0) is 55.0. The van der Waals surface area contributed by atoms with Crippen LogP contribution in [0.2, 0.25) is 0 Å². The van der Waals surface area contributed by atoms with Crippen LogP contribution in [-0.2, 0) is 28.6 Å². The summed E-state index contributed by atoms with van der Waals surface area (Å²) in [5, 5.41) is 0. The van der Waals surface area contributed by atoms with E-state index in [1.807, 2.05) is 0 Å². The van der Waals surface area contributed by atoms with Crippen molar-refractivity contribution >= 4 is 17.9 Å². The van der Waals surface area contributed by atoms with Crippen LogP contribution in [-0.4, -0.2) is 37.2 Å². The molecule has 450 valence electrons. The molecule has 0 N–H and O–H groups in total. The highest BCUT2D eigenvalue weighted by Gasteiger charge is 2.19. The van der Waals surface area contributed by atoms with Gasteiger partial charge in [0, 0.05) is 19.3 Å². The molecule has 0 heterocycles. The fourth-order valence-corrected chi connectivity index (χ4v) is 10.8. The SMILES string of the molecule is CCCCCCCC/C=C\CCCCCCCCCC(=O)OC(COC(=O)CCCCCCCCCCCCCCCCCCC)COC(=O)CCCCCCCCCCCCCCCCCCCCCCCCCC. The lowest BCUT2D eigenvalue weighted by Crippen LogP contribution is -2.30. The van der Waals surface area contributed by atoms with Crippen molar-refractivity contribution in [2.24, 2.45) is 0 Å². The fourth-order valence-electron chi connectivity index (χ4n) is 10.8. The summed E-state index contributed by atoms with van der Waals surface area (Å²) < 4.78 is 17.0. The maximum atomic E-state index is 12.9. The third kappa shape index (κ3) is 63.0. The third-order valence-corrected chi connectivity index (χ3v) is 16.0. The highest BCUT2D eigenvalue weighted by molar-refractivity contribution is 5.71. The molecule has 0 aromatic heterocycles. The quantitative estimate of drug-likeness (QED) is 0.0261. The van der Waals surface area contributed by atoms with Gasteiger partial charge in [0.1, 0.15) is 13.2 Å². The van der Waals surface area contributed by atoms with Gasteiger partial charge in [0.2, 0.25) is 0 Å². The van der Waals surface area contributed by atoms with Crippen molar-refractivity contribution < 1.29 is 28.6 Å². The molecule has 0 radical (unpaired) electrons. The third-order valence-electron chi connectivity index (χ3n) is 16.0. The van der Waals surface area contributed by atoms with E-state index in [2.05, 4.69) is 32.9 Å². The normalized spacial score (nSPS) is 12.0. The predicted octanol–water partition coefficient (Wildman–Crippen LogP) is 23.6. The molecule has 0 aliphatic rings. The second-order valence-electron chi connectivity index (χ2n) is 23.8. The minimum atomic E-state index is -0.769. The highest BCUT2D eigenvalue weighted by atomic mass is 16.6. The molecular weight excluding hydrogens is 937 g/mol. The number of unbranched alkanes of at least 4 members (excludes halogenated alkanes) is 52. The summed E-state index contributed by atoms with van der Waals surface area (Å²) in [6, 6.07) is 0. The van der Waals surface area contributed by atoms with E-state index in [1.165, 1.54) is 302 Å². The van der Waals surface area contributed by atoms with Crippen LogP contribution < -0.4 is 0 Å². The predicted molar refractivity (Wildman–Crippen MR) is 330 cm³/mol. The van der Waals surface area contributed by atoms with E-state index in [0.717, 1.165) is 57.8 Å². The number of hydrogen-bond acceptors (Lipinski definition) is 6. The van der Waals surface area contributed by atoms with E-state index in [0.29, 0.717) is 19.3 Å². The first-order valence-corrected chi connectivity index (χ1v) is 34.7. The Hall–Kier alpha value is -1.85. The molecule has 0 spiro atoms. The molecule has 6 heteroatoms. The van der Waals surface area contributed by atoms with Crippen molar-refractivity contribution in [3.8, 4) is 0 Å². The van der Waals surface area contributed by atoms with Crippen LogP contribution in [0.1, 0.15) is 400 Å². The summed E-state index contributed by atoms with van der Waals surface area (Å²) in [4.78, 5) is 38.4. The van der Waals surface area contributed by atoms with Gasteiger partial charge in [-0.2, -0.15) is 0 Å². The van der Waals surface area contributed by atoms with Crippen molar-refractivity contribution in [3.05, 3.63) is 12.2 Å². The Bertz CT molecular complexity index is 1180. The molecule has 0 aliphatic heterocycles. The Morgan fingerprint density at radius 1 is 0.250 bits per heavy atom. The minimum absolute atomic E-state index is 0.0649. The van der Waals surface area contributed by atoms with E-state index in [9.17, 15) is 14.4 Å². The molecule has 0 fully saturated rings. The smallest absolute Gasteiger partial charge is 0.306 e. The lowest BCUT2D eigenvalue weighted by atomic mass is 10.0. The summed E-state index contributed by atoms with van der Waals surface area (Å²) in [5.41, 5.74) is 0. The van der Waals surface area contributed by atoms with Crippen molar-refractivity contribution in [1.82, 2.24) is 0 Å². The van der Waals surface area contributed by atoms with Crippen LogP contribution in [0, 0.1) is 0 Å². The van der Waals surface area contributed by atoms with Gasteiger partial charge in [-0.25, -0.2) is 0 Å². The fraction of sp³-hybridized carbons (Fsp3) is 0.929. The second-order valence-corrected chi connectivity index (χ2v) is 23.8. The van der Waals surface area contributed by atoms with Gasteiger partial charge in [-0.1, -0.05) is 348 Å². The largest absolute Gasteiger partial charge is 0.462 e. The van der Waals surface area contributed by atoms with E-state index in [-0.39, 0.29) is 31.1 Å². The van der Waals surface area contributed by atoms with Gasteiger partial charge in [-0.3, -0.25) is 14.4 Å². The Morgan fingerprint density at radius 3 is 0.658 bits per heavy atom. The van der Waals surface area contributed by atoms with Gasteiger partial charge >= 0.3 is 17.9 Å². The van der Waals surface area contributed by atoms with Crippen LogP contribution in [0.4, 0.5) is 0 Å². The molecule has 0 saturated carbocycles. The molecule has 0 bridgehead atoms. The van der Waals surface area contributed by atoms with Gasteiger partial charge in [-0.05, 0) is 44.9 Å². The maximum absolute atomic E-state index is 12.9. The van der Waals surface area contributed by atoms with Gasteiger partial charge in [-0.15, -0.1) is 0 Å². The van der Waals surface area contributed by atoms with Crippen molar-refractivity contribution in [3.63, 3.8) is 0 Å². The number of allylic oxidation sites excluding steroid dienone is 2. The van der Waals surface area contributed by atoms with Crippen molar-refractivity contribution in [2.75, 3.05) is 13.2 Å². The van der Waals surface area contributed by atoms with E-state index >= 15 is 0 Å². The van der Waals surface area contributed by atoms with Crippen LogP contribution in [0.15, 0.2) is 12.2 Å². The maximum Gasteiger partial charge on any atom is 0.306 e. The van der Waals surface area contributed by atoms with E-state index < -0.39 is 6.10 Å². The molecule has 0 amide bonds. The van der Waals surface area contributed by atoms with Crippen LogP contribution in [0.5, 0.6) is 0 Å². The van der Waals surface area contributed by atoms with Gasteiger partial charge < -0.3 is 14.2 Å². The minimum Gasteiger partial charge on any atom is -0.462 e. The molecule has 1 unspecified atom stereocenters. The van der Waals surface area contributed by atoms with Gasteiger partial charge in [0.25, 0.3) is 0 Å². The summed E-state index contributed by atoms with van der Waals surface area (Å²) in [5.74, 6) is -0.834. The molecule has 0 saturated heterocycles. The number of hydrogen-bond donors (Lipinski definition) is 0. The first kappa shape index (κ1) is 74.2. The Balaban J connectivity index is 4.25. The summed E-state index contributed by atoms with van der Waals surface area (Å²) >= 11 is 0. The Labute approximate surface area is 475 Å². The average Bonchev–Trinajstić information content (AvgIpc) is 3.42. The molecule has 0 aromatic carbocycles. The zero-order valence-corrected chi connectivity index (χ0v) is 51.8. The first-order chi connectivity index (χ1) is 37.5. The molecule has 76 heavy (non-hydrogen) atoms. The number of rotatable bonds is 65. The second kappa shape index (κ2) is 65.7. The van der Waals surface area contributed by atoms with Crippen LogP contribution >= 0.6 is 0 Å². The molecule has 1 atom stereocenters. The number of esters is 3. The first-order valence-electron chi connectivity index (χ1n) is 34.7.